The van der Waals surface area contributed by atoms with E-state index in [1.807, 2.05) is 0 Å². The van der Waals surface area contributed by atoms with Crippen LogP contribution in [0.5, 0.6) is 0 Å². The molecule has 0 atom stereocenters. The fraction of sp³-hybridized carbons (Fsp3) is 1.00. The van der Waals surface area contributed by atoms with E-state index in [2.05, 4.69) is 26.1 Å². The van der Waals surface area contributed by atoms with Crippen LogP contribution >= 0.6 is 0 Å². The molecule has 0 amide bonds. The fourth-order valence-electron chi connectivity index (χ4n) is 2.86. The Kier molecular flexibility index (Phi) is 8.70. The van der Waals surface area contributed by atoms with E-state index in [-0.39, 0.29) is 0 Å². The summed E-state index contributed by atoms with van der Waals surface area (Å²) in [6.45, 7) is 8.79. The van der Waals surface area contributed by atoms with Gasteiger partial charge in [0.2, 0.25) is 0 Å². The molecule has 2 heteroatoms. The van der Waals surface area contributed by atoms with Gasteiger partial charge in [0.25, 0.3) is 0 Å². The van der Waals surface area contributed by atoms with Crippen molar-refractivity contribution in [3.63, 3.8) is 0 Å². The molecule has 0 aromatic heterocycles. The topological polar surface area (TPSA) is 21.3 Å². The van der Waals surface area contributed by atoms with Gasteiger partial charge >= 0.3 is 0 Å². The van der Waals surface area contributed by atoms with Crippen molar-refractivity contribution in [3.05, 3.63) is 0 Å². The van der Waals surface area contributed by atoms with Gasteiger partial charge in [-0.3, -0.25) is 0 Å². The molecule has 1 saturated carbocycles. The summed E-state index contributed by atoms with van der Waals surface area (Å²) >= 11 is 0. The van der Waals surface area contributed by atoms with Crippen LogP contribution in [0.15, 0.2) is 0 Å². The van der Waals surface area contributed by atoms with E-state index in [9.17, 15) is 0 Å². The van der Waals surface area contributed by atoms with Crippen molar-refractivity contribution in [3.8, 4) is 0 Å². The van der Waals surface area contributed by atoms with Crippen molar-refractivity contribution in [2.75, 3.05) is 13.2 Å². The SMILES string of the molecule is CCCC1CCC(OCCCCNC(C)C)CC1. The predicted octanol–water partition coefficient (Wildman–Crippen LogP) is 4.14. The van der Waals surface area contributed by atoms with Crippen LogP contribution in [0.4, 0.5) is 0 Å². The van der Waals surface area contributed by atoms with E-state index in [0.29, 0.717) is 12.1 Å². The Morgan fingerprint density at radius 1 is 1.11 bits per heavy atom. The van der Waals surface area contributed by atoms with Crippen molar-refractivity contribution in [2.45, 2.75) is 84.3 Å². The molecule has 0 unspecified atom stereocenters. The summed E-state index contributed by atoms with van der Waals surface area (Å²) in [5, 5.41) is 3.45. The lowest BCUT2D eigenvalue weighted by molar-refractivity contribution is 0.0154. The molecule has 0 aliphatic heterocycles. The second kappa shape index (κ2) is 9.80. The number of nitrogens with one attached hydrogen (secondary N) is 1. The minimum atomic E-state index is 0.566. The van der Waals surface area contributed by atoms with Gasteiger partial charge in [-0.15, -0.1) is 0 Å². The largest absolute Gasteiger partial charge is 0.378 e. The van der Waals surface area contributed by atoms with Gasteiger partial charge in [-0.25, -0.2) is 0 Å². The van der Waals surface area contributed by atoms with E-state index in [1.165, 1.54) is 51.4 Å². The first kappa shape index (κ1) is 16.0. The Labute approximate surface area is 114 Å². The van der Waals surface area contributed by atoms with Gasteiger partial charge in [-0.1, -0.05) is 33.6 Å². The van der Waals surface area contributed by atoms with Gasteiger partial charge in [0.1, 0.15) is 0 Å². The predicted molar refractivity (Wildman–Crippen MR) is 79.0 cm³/mol. The average molecular weight is 255 g/mol. The van der Waals surface area contributed by atoms with Crippen molar-refractivity contribution in [2.24, 2.45) is 5.92 Å². The highest BCUT2D eigenvalue weighted by Crippen LogP contribution is 2.29. The molecule has 108 valence electrons. The molecular formula is C16H33NO. The highest BCUT2D eigenvalue weighted by Gasteiger charge is 2.20. The molecule has 0 spiro atoms. The highest BCUT2D eigenvalue weighted by molar-refractivity contribution is 4.72. The molecule has 0 aromatic rings. The van der Waals surface area contributed by atoms with E-state index in [0.717, 1.165) is 19.1 Å². The fourth-order valence-corrected chi connectivity index (χ4v) is 2.86. The molecule has 2 nitrogen and oxygen atoms in total. The summed E-state index contributed by atoms with van der Waals surface area (Å²) in [6, 6.07) is 0.611. The van der Waals surface area contributed by atoms with Gasteiger partial charge in [0.05, 0.1) is 6.10 Å². The number of ether oxygens (including phenoxy) is 1. The summed E-state index contributed by atoms with van der Waals surface area (Å²) in [7, 11) is 0. The zero-order valence-electron chi connectivity index (χ0n) is 12.7. The van der Waals surface area contributed by atoms with Gasteiger partial charge in [-0.2, -0.15) is 0 Å². The smallest absolute Gasteiger partial charge is 0.0575 e. The van der Waals surface area contributed by atoms with E-state index >= 15 is 0 Å². The number of unbranched alkanes of at least 4 members (excludes halogenated alkanes) is 1. The van der Waals surface area contributed by atoms with Crippen LogP contribution in [0.2, 0.25) is 0 Å². The first-order valence-electron chi connectivity index (χ1n) is 8.07. The summed E-state index contributed by atoms with van der Waals surface area (Å²) < 4.78 is 5.99. The molecule has 1 aliphatic carbocycles. The maximum absolute atomic E-state index is 5.99. The van der Waals surface area contributed by atoms with Crippen LogP contribution in [-0.2, 0) is 4.74 Å². The Hall–Kier alpha value is -0.0800. The third-order valence-corrected chi connectivity index (χ3v) is 3.97. The van der Waals surface area contributed by atoms with Crippen molar-refractivity contribution >= 4 is 0 Å². The molecule has 0 bridgehead atoms. The highest BCUT2D eigenvalue weighted by atomic mass is 16.5. The van der Waals surface area contributed by atoms with Gasteiger partial charge in [0.15, 0.2) is 0 Å². The van der Waals surface area contributed by atoms with Crippen LogP contribution in [0, 0.1) is 5.92 Å². The molecule has 0 radical (unpaired) electrons. The molecule has 18 heavy (non-hydrogen) atoms. The van der Waals surface area contributed by atoms with Crippen molar-refractivity contribution < 1.29 is 4.74 Å². The van der Waals surface area contributed by atoms with Crippen molar-refractivity contribution in [1.82, 2.24) is 5.32 Å². The van der Waals surface area contributed by atoms with E-state index in [4.69, 9.17) is 4.74 Å². The standard InChI is InChI=1S/C16H33NO/c1-4-7-15-8-10-16(11-9-15)18-13-6-5-12-17-14(2)3/h14-17H,4-13H2,1-3H3. The molecule has 0 saturated heterocycles. The van der Waals surface area contributed by atoms with Crippen LogP contribution in [0.3, 0.4) is 0 Å². The zero-order valence-corrected chi connectivity index (χ0v) is 12.7. The Balaban J connectivity index is 1.91. The molecule has 0 aromatic carbocycles. The van der Waals surface area contributed by atoms with E-state index < -0.39 is 0 Å². The van der Waals surface area contributed by atoms with Crippen LogP contribution in [0.25, 0.3) is 0 Å². The van der Waals surface area contributed by atoms with Gasteiger partial charge in [0, 0.05) is 12.6 Å². The van der Waals surface area contributed by atoms with E-state index in [1.54, 1.807) is 0 Å². The summed E-state index contributed by atoms with van der Waals surface area (Å²) in [6.07, 6.45) is 11.2. The van der Waals surface area contributed by atoms with Gasteiger partial charge < -0.3 is 10.1 Å². The normalized spacial score (nSPS) is 24.7. The maximum Gasteiger partial charge on any atom is 0.0575 e. The van der Waals surface area contributed by atoms with Gasteiger partial charge in [-0.05, 0) is 51.0 Å². The summed E-state index contributed by atoms with van der Waals surface area (Å²) in [5.41, 5.74) is 0. The average Bonchev–Trinajstić information content (AvgIpc) is 2.35. The number of hydrogen-bond donors (Lipinski definition) is 1. The number of rotatable bonds is 9. The molecule has 0 heterocycles. The molecule has 1 N–H and O–H groups in total. The van der Waals surface area contributed by atoms with Crippen LogP contribution in [0.1, 0.15) is 72.1 Å². The third-order valence-electron chi connectivity index (χ3n) is 3.97. The first-order chi connectivity index (χ1) is 8.72. The summed E-state index contributed by atoms with van der Waals surface area (Å²) in [5.74, 6) is 0.991. The second-order valence-corrected chi connectivity index (χ2v) is 6.12. The van der Waals surface area contributed by atoms with Crippen LogP contribution in [-0.4, -0.2) is 25.3 Å². The maximum atomic E-state index is 5.99. The molecular weight excluding hydrogens is 222 g/mol. The molecule has 1 rings (SSSR count). The summed E-state index contributed by atoms with van der Waals surface area (Å²) in [4.78, 5) is 0. The molecule has 1 aliphatic rings. The lowest BCUT2D eigenvalue weighted by Crippen LogP contribution is -2.24. The minimum absolute atomic E-state index is 0.566. The quantitative estimate of drug-likeness (QED) is 0.625. The first-order valence-corrected chi connectivity index (χ1v) is 8.07. The Morgan fingerprint density at radius 2 is 1.83 bits per heavy atom. The van der Waals surface area contributed by atoms with Crippen LogP contribution < -0.4 is 5.32 Å². The molecule has 1 fully saturated rings. The number of hydrogen-bond acceptors (Lipinski definition) is 2. The Morgan fingerprint density at radius 3 is 2.44 bits per heavy atom. The lowest BCUT2D eigenvalue weighted by atomic mass is 9.85. The minimum Gasteiger partial charge on any atom is -0.378 e. The third kappa shape index (κ3) is 7.38. The monoisotopic (exact) mass is 255 g/mol. The second-order valence-electron chi connectivity index (χ2n) is 6.12. The van der Waals surface area contributed by atoms with Crippen molar-refractivity contribution in [1.29, 1.82) is 0 Å². The Bertz CT molecular complexity index is 186. The zero-order chi connectivity index (χ0) is 13.2. The lowest BCUT2D eigenvalue weighted by Gasteiger charge is -2.28.